The molecule has 1 heterocycles. The predicted molar refractivity (Wildman–Crippen MR) is 45.8 cm³/mol. The van der Waals surface area contributed by atoms with Gasteiger partial charge < -0.3 is 11.5 Å². The molecule has 0 spiro atoms. The minimum absolute atomic E-state index is 0.0251. The van der Waals surface area contributed by atoms with Gasteiger partial charge in [0.15, 0.2) is 0 Å². The Kier molecular flexibility index (Phi) is 2.75. The van der Waals surface area contributed by atoms with E-state index in [0.29, 0.717) is 0 Å². The van der Waals surface area contributed by atoms with Crippen LogP contribution in [0.1, 0.15) is 19.3 Å². The van der Waals surface area contributed by atoms with E-state index in [0.717, 1.165) is 25.8 Å². The summed E-state index contributed by atoms with van der Waals surface area (Å²) >= 11 is 0. The molecule has 0 radical (unpaired) electrons. The monoisotopic (exact) mass is 167 g/mol. The Morgan fingerprint density at radius 1 is 1.50 bits per heavy atom. The number of hydrogen-bond donors (Lipinski definition) is 2. The molecule has 12 heavy (non-hydrogen) atoms. The van der Waals surface area contributed by atoms with Crippen molar-refractivity contribution in [3.63, 3.8) is 0 Å². The first-order chi connectivity index (χ1) is 5.74. The molecule has 0 aromatic heterocycles. The van der Waals surface area contributed by atoms with Gasteiger partial charge in [-0.2, -0.15) is 5.26 Å². The molecule has 1 aliphatic rings. The van der Waals surface area contributed by atoms with Crippen LogP contribution in [-0.4, -0.2) is 23.6 Å². The van der Waals surface area contributed by atoms with Crippen LogP contribution in [0.3, 0.4) is 0 Å². The standard InChI is InChI=1S/C7H13N5/c8-5-6-3-1-2-4-12(6)11-7(9)10/h6H,1-4H2,(H4,9,10,11). The fraction of sp³-hybridized carbons (Fsp3) is 0.714. The van der Waals surface area contributed by atoms with Crippen LogP contribution in [0.5, 0.6) is 0 Å². The van der Waals surface area contributed by atoms with Crippen LogP contribution in [0.15, 0.2) is 5.10 Å². The highest BCUT2D eigenvalue weighted by atomic mass is 15.5. The van der Waals surface area contributed by atoms with Gasteiger partial charge in [0.25, 0.3) is 0 Å². The van der Waals surface area contributed by atoms with Crippen LogP contribution in [-0.2, 0) is 0 Å². The van der Waals surface area contributed by atoms with Crippen molar-refractivity contribution in [2.75, 3.05) is 6.54 Å². The van der Waals surface area contributed by atoms with Gasteiger partial charge in [0.05, 0.1) is 6.07 Å². The molecule has 5 heteroatoms. The Bertz CT molecular complexity index is 212. The summed E-state index contributed by atoms with van der Waals surface area (Å²) in [7, 11) is 0. The molecule has 0 aromatic carbocycles. The third kappa shape index (κ3) is 2.02. The summed E-state index contributed by atoms with van der Waals surface area (Å²) in [5, 5.41) is 14.3. The topological polar surface area (TPSA) is 91.4 Å². The molecule has 1 saturated heterocycles. The highest BCUT2D eigenvalue weighted by Crippen LogP contribution is 2.15. The van der Waals surface area contributed by atoms with E-state index in [1.165, 1.54) is 0 Å². The average Bonchev–Trinajstić information content (AvgIpc) is 2.04. The molecule has 66 valence electrons. The second-order valence-electron chi connectivity index (χ2n) is 2.83. The van der Waals surface area contributed by atoms with Gasteiger partial charge in [-0.15, -0.1) is 5.10 Å². The first-order valence-corrected chi connectivity index (χ1v) is 4.00. The predicted octanol–water partition coefficient (Wildman–Crippen LogP) is -0.447. The second kappa shape index (κ2) is 3.81. The quantitative estimate of drug-likeness (QED) is 0.409. The Morgan fingerprint density at radius 2 is 2.25 bits per heavy atom. The summed E-state index contributed by atoms with van der Waals surface area (Å²) in [6, 6.07) is 2.02. The Morgan fingerprint density at radius 3 is 2.83 bits per heavy atom. The van der Waals surface area contributed by atoms with E-state index in [1.54, 1.807) is 5.01 Å². The molecule has 1 unspecified atom stereocenters. The molecule has 1 atom stereocenters. The van der Waals surface area contributed by atoms with Crippen LogP contribution in [0.25, 0.3) is 0 Å². The number of nitrogens with two attached hydrogens (primary N) is 2. The SMILES string of the molecule is N#CC1CCCCN1N=C(N)N. The summed E-state index contributed by atoms with van der Waals surface area (Å²) in [4.78, 5) is 0. The lowest BCUT2D eigenvalue weighted by Crippen LogP contribution is -2.38. The maximum absolute atomic E-state index is 8.73. The fourth-order valence-electron chi connectivity index (χ4n) is 1.32. The molecule has 0 aliphatic carbocycles. The van der Waals surface area contributed by atoms with E-state index >= 15 is 0 Å². The number of hydrazone groups is 1. The molecule has 1 rings (SSSR count). The largest absolute Gasteiger partial charge is 0.369 e. The number of nitrogens with zero attached hydrogens (tertiary/aromatic N) is 3. The average molecular weight is 167 g/mol. The number of guanidine groups is 1. The summed E-state index contributed by atoms with van der Waals surface area (Å²) in [6.07, 6.45) is 2.98. The first-order valence-electron chi connectivity index (χ1n) is 4.00. The Balaban J connectivity index is 2.60. The van der Waals surface area contributed by atoms with Crippen LogP contribution in [0.4, 0.5) is 0 Å². The van der Waals surface area contributed by atoms with Gasteiger partial charge in [-0.05, 0) is 19.3 Å². The summed E-state index contributed by atoms with van der Waals surface area (Å²) in [5.41, 5.74) is 10.4. The van der Waals surface area contributed by atoms with Crippen LogP contribution in [0, 0.1) is 11.3 Å². The molecule has 0 amide bonds. The van der Waals surface area contributed by atoms with Gasteiger partial charge >= 0.3 is 0 Å². The molecular weight excluding hydrogens is 154 g/mol. The lowest BCUT2D eigenvalue weighted by molar-refractivity contribution is 0.192. The van der Waals surface area contributed by atoms with Crippen molar-refractivity contribution in [1.29, 1.82) is 5.26 Å². The number of piperidine rings is 1. The lowest BCUT2D eigenvalue weighted by Gasteiger charge is -2.28. The molecule has 1 aliphatic heterocycles. The summed E-state index contributed by atoms with van der Waals surface area (Å²) < 4.78 is 0. The zero-order valence-corrected chi connectivity index (χ0v) is 6.90. The Hall–Kier alpha value is -1.44. The minimum Gasteiger partial charge on any atom is -0.369 e. The van der Waals surface area contributed by atoms with E-state index < -0.39 is 0 Å². The van der Waals surface area contributed by atoms with Gasteiger partial charge in [0.1, 0.15) is 6.04 Å². The third-order valence-corrected chi connectivity index (χ3v) is 1.87. The normalized spacial score (nSPS) is 22.9. The van der Waals surface area contributed by atoms with Gasteiger partial charge in [0.2, 0.25) is 5.96 Å². The summed E-state index contributed by atoms with van der Waals surface area (Å²) in [5.74, 6) is 0.0251. The third-order valence-electron chi connectivity index (χ3n) is 1.87. The van der Waals surface area contributed by atoms with E-state index in [-0.39, 0.29) is 12.0 Å². The molecule has 5 nitrogen and oxygen atoms in total. The van der Waals surface area contributed by atoms with Crippen molar-refractivity contribution in [2.24, 2.45) is 16.6 Å². The Labute approximate surface area is 71.6 Å². The molecule has 1 fully saturated rings. The van der Waals surface area contributed by atoms with Crippen molar-refractivity contribution < 1.29 is 0 Å². The van der Waals surface area contributed by atoms with Gasteiger partial charge in [-0.25, -0.2) is 0 Å². The molecule has 0 saturated carbocycles. The summed E-state index contributed by atoms with van der Waals surface area (Å²) in [6.45, 7) is 0.774. The van der Waals surface area contributed by atoms with E-state index in [4.69, 9.17) is 16.7 Å². The van der Waals surface area contributed by atoms with Gasteiger partial charge in [-0.1, -0.05) is 0 Å². The maximum atomic E-state index is 8.73. The zero-order valence-electron chi connectivity index (χ0n) is 6.90. The second-order valence-corrected chi connectivity index (χ2v) is 2.83. The van der Waals surface area contributed by atoms with Crippen molar-refractivity contribution in [1.82, 2.24) is 5.01 Å². The molecule has 0 aromatic rings. The van der Waals surface area contributed by atoms with Gasteiger partial charge in [-0.3, -0.25) is 5.01 Å². The number of rotatable bonds is 1. The van der Waals surface area contributed by atoms with Crippen molar-refractivity contribution in [2.45, 2.75) is 25.3 Å². The van der Waals surface area contributed by atoms with E-state index in [1.807, 2.05) is 0 Å². The minimum atomic E-state index is -0.152. The van der Waals surface area contributed by atoms with Crippen LogP contribution in [0.2, 0.25) is 0 Å². The first kappa shape index (κ1) is 8.65. The highest BCUT2D eigenvalue weighted by Gasteiger charge is 2.20. The maximum Gasteiger partial charge on any atom is 0.208 e. The van der Waals surface area contributed by atoms with Crippen LogP contribution >= 0.6 is 0 Å². The lowest BCUT2D eigenvalue weighted by atomic mass is 10.1. The van der Waals surface area contributed by atoms with Gasteiger partial charge in [0, 0.05) is 6.54 Å². The molecular formula is C7H13N5. The van der Waals surface area contributed by atoms with Crippen molar-refractivity contribution >= 4 is 5.96 Å². The fourth-order valence-corrected chi connectivity index (χ4v) is 1.32. The highest BCUT2D eigenvalue weighted by molar-refractivity contribution is 5.75. The smallest absolute Gasteiger partial charge is 0.208 e. The van der Waals surface area contributed by atoms with E-state index in [2.05, 4.69) is 11.2 Å². The zero-order chi connectivity index (χ0) is 8.97. The van der Waals surface area contributed by atoms with Crippen molar-refractivity contribution in [3.8, 4) is 6.07 Å². The molecule has 0 bridgehead atoms. The molecule has 4 N–H and O–H groups in total. The number of hydrogen-bond acceptors (Lipinski definition) is 3. The van der Waals surface area contributed by atoms with Crippen LogP contribution < -0.4 is 11.5 Å². The van der Waals surface area contributed by atoms with E-state index in [9.17, 15) is 0 Å². The number of nitriles is 1. The van der Waals surface area contributed by atoms with Crippen molar-refractivity contribution in [3.05, 3.63) is 0 Å².